The molecule has 1 heterocycles. The van der Waals surface area contributed by atoms with E-state index in [1.165, 1.54) is 0 Å². The van der Waals surface area contributed by atoms with E-state index in [4.69, 9.17) is 28.9 Å². The van der Waals surface area contributed by atoms with Gasteiger partial charge >= 0.3 is 0 Å². The third-order valence-corrected chi connectivity index (χ3v) is 3.74. The summed E-state index contributed by atoms with van der Waals surface area (Å²) in [5.74, 6) is -0.0492. The van der Waals surface area contributed by atoms with Crippen molar-refractivity contribution in [1.82, 2.24) is 9.80 Å². The summed E-state index contributed by atoms with van der Waals surface area (Å²) < 4.78 is 0. The van der Waals surface area contributed by atoms with Gasteiger partial charge in [0.05, 0.1) is 15.7 Å². The summed E-state index contributed by atoms with van der Waals surface area (Å²) in [5, 5.41) is 0.639. The fourth-order valence-corrected chi connectivity index (χ4v) is 2.39. The first-order valence-electron chi connectivity index (χ1n) is 5.71. The molecule has 0 spiro atoms. The van der Waals surface area contributed by atoms with Gasteiger partial charge in [-0.25, -0.2) is 0 Å². The second kappa shape index (κ2) is 5.34. The van der Waals surface area contributed by atoms with Crippen LogP contribution >= 0.6 is 23.2 Å². The number of piperazine rings is 1. The molecule has 0 saturated carbocycles. The Kier molecular flexibility index (Phi) is 4.00. The van der Waals surface area contributed by atoms with Crippen molar-refractivity contribution in [1.29, 1.82) is 0 Å². The second-order valence-corrected chi connectivity index (χ2v) is 5.26. The highest BCUT2D eigenvalue weighted by Gasteiger charge is 2.21. The first-order chi connectivity index (χ1) is 8.49. The largest absolute Gasteiger partial charge is 0.396 e. The van der Waals surface area contributed by atoms with Gasteiger partial charge in [0.15, 0.2) is 0 Å². The molecular weight excluding hydrogens is 273 g/mol. The van der Waals surface area contributed by atoms with E-state index in [1.54, 1.807) is 17.0 Å². The lowest BCUT2D eigenvalue weighted by Crippen LogP contribution is -2.47. The number of halogens is 2. The number of carbonyl (C=O) groups excluding carboxylic acids is 1. The topological polar surface area (TPSA) is 49.6 Å². The van der Waals surface area contributed by atoms with Crippen LogP contribution in [0.5, 0.6) is 0 Å². The van der Waals surface area contributed by atoms with E-state index in [2.05, 4.69) is 4.90 Å². The number of hydrogen-bond acceptors (Lipinski definition) is 3. The minimum absolute atomic E-state index is 0.0492. The molecule has 1 aromatic rings. The van der Waals surface area contributed by atoms with Crippen molar-refractivity contribution in [3.63, 3.8) is 0 Å². The zero-order chi connectivity index (χ0) is 13.3. The summed E-state index contributed by atoms with van der Waals surface area (Å²) >= 11 is 11.9. The van der Waals surface area contributed by atoms with Gasteiger partial charge in [-0.15, -0.1) is 0 Å². The normalized spacial score (nSPS) is 16.9. The van der Waals surface area contributed by atoms with E-state index in [9.17, 15) is 4.79 Å². The zero-order valence-corrected chi connectivity index (χ0v) is 11.6. The molecule has 1 amide bonds. The van der Waals surface area contributed by atoms with Crippen LogP contribution in [0.4, 0.5) is 5.69 Å². The Morgan fingerprint density at radius 2 is 1.67 bits per heavy atom. The maximum absolute atomic E-state index is 12.3. The molecule has 1 aliphatic heterocycles. The molecule has 2 N–H and O–H groups in total. The standard InChI is InChI=1S/C12H15Cl2N3O/c1-16-2-4-17(5-3-16)12(18)8-6-9(13)11(15)10(14)7-8/h6-7H,2-5,15H2,1H3. The van der Waals surface area contributed by atoms with Gasteiger partial charge in [0.2, 0.25) is 0 Å². The van der Waals surface area contributed by atoms with E-state index < -0.39 is 0 Å². The van der Waals surface area contributed by atoms with E-state index in [1.807, 2.05) is 7.05 Å². The van der Waals surface area contributed by atoms with E-state index >= 15 is 0 Å². The van der Waals surface area contributed by atoms with Crippen molar-refractivity contribution in [2.45, 2.75) is 0 Å². The third-order valence-electron chi connectivity index (χ3n) is 3.12. The Hall–Kier alpha value is -0.970. The predicted molar refractivity (Wildman–Crippen MR) is 74.3 cm³/mol. The summed E-state index contributed by atoms with van der Waals surface area (Å²) in [5.41, 5.74) is 6.45. The van der Waals surface area contributed by atoms with Crippen LogP contribution in [0.1, 0.15) is 10.4 Å². The quantitative estimate of drug-likeness (QED) is 0.804. The number of amides is 1. The number of rotatable bonds is 1. The molecule has 0 atom stereocenters. The Morgan fingerprint density at radius 3 is 2.17 bits per heavy atom. The second-order valence-electron chi connectivity index (χ2n) is 4.45. The number of nitrogens with zero attached hydrogens (tertiary/aromatic N) is 2. The summed E-state index contributed by atoms with van der Waals surface area (Å²) in [6.07, 6.45) is 0. The van der Waals surface area contributed by atoms with Crippen LogP contribution in [-0.4, -0.2) is 48.9 Å². The van der Waals surface area contributed by atoms with Crippen LogP contribution in [0, 0.1) is 0 Å². The highest BCUT2D eigenvalue weighted by molar-refractivity contribution is 6.39. The molecule has 0 aromatic heterocycles. The van der Waals surface area contributed by atoms with Crippen molar-refractivity contribution < 1.29 is 4.79 Å². The molecule has 2 rings (SSSR count). The first kappa shape index (κ1) is 13.5. The summed E-state index contributed by atoms with van der Waals surface area (Å²) in [4.78, 5) is 16.3. The Balaban J connectivity index is 2.19. The molecular formula is C12H15Cl2N3O. The summed E-state index contributed by atoms with van der Waals surface area (Å²) in [6, 6.07) is 3.15. The lowest BCUT2D eigenvalue weighted by atomic mass is 10.1. The lowest BCUT2D eigenvalue weighted by molar-refractivity contribution is 0.0664. The predicted octanol–water partition coefficient (Wildman–Crippen LogP) is 1.96. The van der Waals surface area contributed by atoms with E-state index in [0.29, 0.717) is 21.3 Å². The zero-order valence-electron chi connectivity index (χ0n) is 10.1. The highest BCUT2D eigenvalue weighted by atomic mass is 35.5. The van der Waals surface area contributed by atoms with Gasteiger partial charge in [0, 0.05) is 31.7 Å². The van der Waals surface area contributed by atoms with E-state index in [-0.39, 0.29) is 5.91 Å². The molecule has 98 valence electrons. The van der Waals surface area contributed by atoms with Gasteiger partial charge in [-0.3, -0.25) is 4.79 Å². The lowest BCUT2D eigenvalue weighted by Gasteiger charge is -2.32. The molecule has 1 aliphatic rings. The van der Waals surface area contributed by atoms with Crippen molar-refractivity contribution in [3.05, 3.63) is 27.7 Å². The van der Waals surface area contributed by atoms with Crippen LogP contribution in [0.2, 0.25) is 10.0 Å². The number of anilines is 1. The minimum atomic E-state index is -0.0492. The van der Waals surface area contributed by atoms with Gasteiger partial charge in [-0.05, 0) is 19.2 Å². The van der Waals surface area contributed by atoms with Crippen molar-refractivity contribution in [2.24, 2.45) is 0 Å². The molecule has 1 saturated heterocycles. The molecule has 0 radical (unpaired) electrons. The van der Waals surface area contributed by atoms with Crippen LogP contribution in [-0.2, 0) is 0 Å². The summed E-state index contributed by atoms with van der Waals surface area (Å²) in [6.45, 7) is 3.19. The van der Waals surface area contributed by atoms with Gasteiger partial charge in [0.25, 0.3) is 5.91 Å². The maximum Gasteiger partial charge on any atom is 0.254 e. The Bertz CT molecular complexity index is 447. The molecule has 1 fully saturated rings. The maximum atomic E-state index is 12.3. The molecule has 1 aromatic carbocycles. The molecule has 6 heteroatoms. The van der Waals surface area contributed by atoms with Crippen LogP contribution < -0.4 is 5.73 Å². The molecule has 0 unspecified atom stereocenters. The average Bonchev–Trinajstić information content (AvgIpc) is 2.35. The van der Waals surface area contributed by atoms with Crippen molar-refractivity contribution in [3.8, 4) is 0 Å². The number of hydrogen-bond donors (Lipinski definition) is 1. The Labute approximate surface area is 116 Å². The van der Waals surface area contributed by atoms with Gasteiger partial charge < -0.3 is 15.5 Å². The third kappa shape index (κ3) is 2.71. The average molecular weight is 288 g/mol. The number of benzene rings is 1. The van der Waals surface area contributed by atoms with Gasteiger partial charge in [0.1, 0.15) is 0 Å². The Morgan fingerprint density at radius 1 is 1.17 bits per heavy atom. The number of nitrogen functional groups attached to an aromatic ring is 1. The van der Waals surface area contributed by atoms with Crippen molar-refractivity contribution >= 4 is 34.8 Å². The fraction of sp³-hybridized carbons (Fsp3) is 0.417. The fourth-order valence-electron chi connectivity index (χ4n) is 1.90. The SMILES string of the molecule is CN1CCN(C(=O)c2cc(Cl)c(N)c(Cl)c2)CC1. The van der Waals surface area contributed by atoms with E-state index in [0.717, 1.165) is 26.2 Å². The smallest absolute Gasteiger partial charge is 0.254 e. The van der Waals surface area contributed by atoms with Crippen LogP contribution in [0.15, 0.2) is 12.1 Å². The molecule has 0 bridgehead atoms. The first-order valence-corrected chi connectivity index (χ1v) is 6.47. The minimum Gasteiger partial charge on any atom is -0.396 e. The molecule has 0 aliphatic carbocycles. The van der Waals surface area contributed by atoms with Gasteiger partial charge in [-0.2, -0.15) is 0 Å². The van der Waals surface area contributed by atoms with Gasteiger partial charge in [-0.1, -0.05) is 23.2 Å². The van der Waals surface area contributed by atoms with Crippen molar-refractivity contribution in [2.75, 3.05) is 39.0 Å². The monoisotopic (exact) mass is 287 g/mol. The molecule has 18 heavy (non-hydrogen) atoms. The van der Waals surface area contributed by atoms with Crippen LogP contribution in [0.25, 0.3) is 0 Å². The highest BCUT2D eigenvalue weighted by Crippen LogP contribution is 2.29. The number of carbonyl (C=O) groups is 1. The summed E-state index contributed by atoms with van der Waals surface area (Å²) in [7, 11) is 2.04. The number of likely N-dealkylation sites (N-methyl/N-ethyl adjacent to an activating group) is 1. The van der Waals surface area contributed by atoms with Crippen LogP contribution in [0.3, 0.4) is 0 Å². The molecule has 4 nitrogen and oxygen atoms in total. The number of nitrogens with two attached hydrogens (primary N) is 1.